The smallest absolute Gasteiger partial charge is 0.178 e. The van der Waals surface area contributed by atoms with Gasteiger partial charge in [0.05, 0.1) is 15.5 Å². The van der Waals surface area contributed by atoms with Gasteiger partial charge in [0.25, 0.3) is 0 Å². The van der Waals surface area contributed by atoms with Gasteiger partial charge in [0.2, 0.25) is 0 Å². The third-order valence-electron chi connectivity index (χ3n) is 3.60. The van der Waals surface area contributed by atoms with E-state index < -0.39 is 0 Å². The molecule has 1 fully saturated rings. The molecular formula is C13H14BrFN2OS. The molecule has 0 saturated carbocycles. The molecule has 0 aliphatic carbocycles. The molecule has 1 N–H and O–H groups in total. The van der Waals surface area contributed by atoms with Crippen molar-refractivity contribution in [3.8, 4) is 0 Å². The number of aryl methyl sites for hydroxylation is 1. The summed E-state index contributed by atoms with van der Waals surface area (Å²) in [7, 11) is 0. The van der Waals surface area contributed by atoms with Gasteiger partial charge < -0.3 is 14.3 Å². The highest BCUT2D eigenvalue weighted by Crippen LogP contribution is 2.24. The second-order valence-corrected chi connectivity index (χ2v) is 6.12. The van der Waals surface area contributed by atoms with Gasteiger partial charge in [-0.05, 0) is 53.0 Å². The highest BCUT2D eigenvalue weighted by Gasteiger charge is 2.16. The molecular weight excluding hydrogens is 331 g/mol. The molecule has 1 atom stereocenters. The number of hydrogen-bond acceptors (Lipinski definition) is 2. The highest BCUT2D eigenvalue weighted by molar-refractivity contribution is 9.10. The molecule has 0 radical (unpaired) electrons. The lowest BCUT2D eigenvalue weighted by atomic mass is 10.1. The van der Waals surface area contributed by atoms with E-state index in [4.69, 9.17) is 17.0 Å². The van der Waals surface area contributed by atoms with Crippen molar-refractivity contribution in [2.24, 2.45) is 5.92 Å². The monoisotopic (exact) mass is 344 g/mol. The molecule has 0 spiro atoms. The van der Waals surface area contributed by atoms with Gasteiger partial charge in [0, 0.05) is 25.8 Å². The van der Waals surface area contributed by atoms with Crippen LogP contribution in [0.3, 0.4) is 0 Å². The number of fused-ring (bicyclic) bond motifs is 1. The number of aromatic amines is 1. The van der Waals surface area contributed by atoms with Gasteiger partial charge >= 0.3 is 0 Å². The van der Waals surface area contributed by atoms with Crippen LogP contribution in [-0.2, 0) is 11.3 Å². The fourth-order valence-electron chi connectivity index (χ4n) is 2.50. The van der Waals surface area contributed by atoms with Crippen molar-refractivity contribution in [1.29, 1.82) is 0 Å². The number of nitrogens with zero attached hydrogens (tertiary/aromatic N) is 1. The van der Waals surface area contributed by atoms with Crippen LogP contribution < -0.4 is 0 Å². The van der Waals surface area contributed by atoms with Gasteiger partial charge in [0.15, 0.2) is 4.77 Å². The third-order valence-corrected chi connectivity index (χ3v) is 4.53. The van der Waals surface area contributed by atoms with E-state index in [2.05, 4.69) is 20.9 Å². The first kappa shape index (κ1) is 13.3. The van der Waals surface area contributed by atoms with Crippen molar-refractivity contribution in [2.75, 3.05) is 13.2 Å². The minimum absolute atomic E-state index is 0.278. The van der Waals surface area contributed by atoms with Crippen LogP contribution in [0.25, 0.3) is 11.0 Å². The van der Waals surface area contributed by atoms with Crippen LogP contribution in [0.15, 0.2) is 16.6 Å². The lowest BCUT2D eigenvalue weighted by molar-refractivity contribution is 0.183. The molecule has 1 aliphatic rings. The Morgan fingerprint density at radius 1 is 1.53 bits per heavy atom. The Balaban J connectivity index is 1.91. The fraction of sp³-hybridized carbons (Fsp3) is 0.462. The Kier molecular flexibility index (Phi) is 3.73. The Bertz CT molecular complexity index is 660. The first-order valence-electron chi connectivity index (χ1n) is 6.30. The summed E-state index contributed by atoms with van der Waals surface area (Å²) in [5.41, 5.74) is 1.69. The topological polar surface area (TPSA) is 29.9 Å². The third kappa shape index (κ3) is 2.61. The number of ether oxygens (including phenoxy) is 1. The quantitative estimate of drug-likeness (QED) is 0.852. The molecule has 2 heterocycles. The number of H-pyrrole nitrogens is 1. The molecule has 19 heavy (non-hydrogen) atoms. The van der Waals surface area contributed by atoms with E-state index >= 15 is 0 Å². The maximum atomic E-state index is 13.5. The van der Waals surface area contributed by atoms with Crippen molar-refractivity contribution in [1.82, 2.24) is 9.55 Å². The predicted molar refractivity (Wildman–Crippen MR) is 78.3 cm³/mol. The first-order valence-corrected chi connectivity index (χ1v) is 7.50. The van der Waals surface area contributed by atoms with Gasteiger partial charge in [-0.15, -0.1) is 0 Å². The molecule has 3 rings (SSSR count). The van der Waals surface area contributed by atoms with E-state index in [-0.39, 0.29) is 5.82 Å². The minimum Gasteiger partial charge on any atom is -0.381 e. The predicted octanol–water partition coefficient (Wildman–Crippen LogP) is 4.03. The summed E-state index contributed by atoms with van der Waals surface area (Å²) in [6, 6.07) is 3.26. The van der Waals surface area contributed by atoms with Crippen LogP contribution in [0.2, 0.25) is 0 Å². The Hall–Kier alpha value is -0.720. The first-order chi connectivity index (χ1) is 9.15. The number of benzene rings is 1. The van der Waals surface area contributed by atoms with E-state index in [1.807, 2.05) is 4.57 Å². The van der Waals surface area contributed by atoms with Crippen LogP contribution in [0.5, 0.6) is 0 Å². The standard InChI is InChI=1S/C13H14BrFN2OS/c14-9-5-12-11(6-10(9)15)16-13(19)17(12)3-1-8-2-4-18-7-8/h5-6,8H,1-4,7H2,(H,16,19). The van der Waals surface area contributed by atoms with Gasteiger partial charge in [-0.2, -0.15) is 0 Å². The molecule has 1 unspecified atom stereocenters. The van der Waals surface area contributed by atoms with Crippen LogP contribution in [-0.4, -0.2) is 22.8 Å². The average molecular weight is 345 g/mol. The Labute approximate surface area is 123 Å². The summed E-state index contributed by atoms with van der Waals surface area (Å²) in [5, 5.41) is 0. The molecule has 1 aromatic heterocycles. The molecule has 0 amide bonds. The van der Waals surface area contributed by atoms with Crippen molar-refractivity contribution in [3.05, 3.63) is 27.2 Å². The second-order valence-electron chi connectivity index (χ2n) is 4.88. The maximum Gasteiger partial charge on any atom is 0.178 e. The summed E-state index contributed by atoms with van der Waals surface area (Å²) >= 11 is 8.54. The van der Waals surface area contributed by atoms with Crippen LogP contribution in [0, 0.1) is 16.5 Å². The lowest BCUT2D eigenvalue weighted by Crippen LogP contribution is -2.06. The minimum atomic E-state index is -0.278. The van der Waals surface area contributed by atoms with Crippen LogP contribution in [0.4, 0.5) is 4.39 Å². The average Bonchev–Trinajstić information content (AvgIpc) is 2.96. The SMILES string of the molecule is Fc1cc2[nH]c(=S)n(CCC3CCOC3)c2cc1Br. The van der Waals surface area contributed by atoms with E-state index in [1.54, 1.807) is 6.07 Å². The van der Waals surface area contributed by atoms with E-state index in [0.29, 0.717) is 15.2 Å². The van der Waals surface area contributed by atoms with Crippen molar-refractivity contribution < 1.29 is 9.13 Å². The van der Waals surface area contributed by atoms with Crippen LogP contribution >= 0.6 is 28.1 Å². The number of halogens is 2. The zero-order valence-corrected chi connectivity index (χ0v) is 12.7. The Morgan fingerprint density at radius 2 is 2.37 bits per heavy atom. The summed E-state index contributed by atoms with van der Waals surface area (Å²) < 4.78 is 22.0. The molecule has 3 nitrogen and oxygen atoms in total. The molecule has 1 aliphatic heterocycles. The number of aromatic nitrogens is 2. The number of imidazole rings is 1. The van der Waals surface area contributed by atoms with Crippen molar-refractivity contribution >= 4 is 39.2 Å². The number of rotatable bonds is 3. The molecule has 102 valence electrons. The van der Waals surface area contributed by atoms with Gasteiger partial charge in [-0.25, -0.2) is 4.39 Å². The molecule has 1 aromatic carbocycles. The lowest BCUT2D eigenvalue weighted by Gasteiger charge is -2.09. The fourth-order valence-corrected chi connectivity index (χ4v) is 3.13. The zero-order chi connectivity index (χ0) is 13.4. The van der Waals surface area contributed by atoms with E-state index in [0.717, 1.165) is 43.6 Å². The number of nitrogens with one attached hydrogen (secondary N) is 1. The normalized spacial score (nSPS) is 19.4. The largest absolute Gasteiger partial charge is 0.381 e. The Morgan fingerprint density at radius 3 is 3.11 bits per heavy atom. The summed E-state index contributed by atoms with van der Waals surface area (Å²) in [4.78, 5) is 3.06. The van der Waals surface area contributed by atoms with Crippen molar-refractivity contribution in [2.45, 2.75) is 19.4 Å². The number of hydrogen-bond donors (Lipinski definition) is 1. The molecule has 6 heteroatoms. The zero-order valence-electron chi connectivity index (χ0n) is 10.3. The van der Waals surface area contributed by atoms with Crippen molar-refractivity contribution in [3.63, 3.8) is 0 Å². The van der Waals surface area contributed by atoms with E-state index in [1.165, 1.54) is 6.07 Å². The maximum absolute atomic E-state index is 13.5. The molecule has 2 aromatic rings. The summed E-state index contributed by atoms with van der Waals surface area (Å²) in [6.45, 7) is 2.54. The second kappa shape index (κ2) is 5.34. The van der Waals surface area contributed by atoms with Gasteiger partial charge in [-0.3, -0.25) is 0 Å². The molecule has 1 saturated heterocycles. The van der Waals surface area contributed by atoms with Gasteiger partial charge in [-0.1, -0.05) is 0 Å². The van der Waals surface area contributed by atoms with Gasteiger partial charge in [0.1, 0.15) is 5.82 Å². The molecule has 0 bridgehead atoms. The van der Waals surface area contributed by atoms with E-state index in [9.17, 15) is 4.39 Å². The summed E-state index contributed by atoms with van der Waals surface area (Å²) in [6.07, 6.45) is 2.16. The highest BCUT2D eigenvalue weighted by atomic mass is 79.9. The van der Waals surface area contributed by atoms with Crippen LogP contribution in [0.1, 0.15) is 12.8 Å². The summed E-state index contributed by atoms with van der Waals surface area (Å²) in [5.74, 6) is 0.329.